The molecule has 1 unspecified atom stereocenters. The molecule has 2 aromatic heterocycles. The molecule has 0 amide bonds. The Kier molecular flexibility index (Phi) is 6.44. The number of pyridine rings is 1. The van der Waals surface area contributed by atoms with Crippen LogP contribution >= 0.6 is 0 Å². The fourth-order valence-corrected chi connectivity index (χ4v) is 6.54. The molecule has 6 aromatic rings. The number of hydrogen-bond donors (Lipinski definition) is 0. The molecule has 4 nitrogen and oxygen atoms in total. The molecule has 1 aliphatic carbocycles. The van der Waals surface area contributed by atoms with Crippen LogP contribution in [0.2, 0.25) is 0 Å². The summed E-state index contributed by atoms with van der Waals surface area (Å²) < 4.78 is 8.22. The van der Waals surface area contributed by atoms with Gasteiger partial charge in [-0.25, -0.2) is 0 Å². The molecule has 0 fully saturated rings. The molecule has 208 valence electrons. The van der Waals surface area contributed by atoms with Crippen LogP contribution < -0.4 is 0 Å². The first-order chi connectivity index (χ1) is 19.9. The van der Waals surface area contributed by atoms with Crippen molar-refractivity contribution in [3.63, 3.8) is 0 Å². The maximum absolute atomic E-state index is 5.93. The molecule has 0 radical (unpaired) electrons. The number of nitrogens with zero attached hydrogens (tertiary/aromatic N) is 3. The van der Waals surface area contributed by atoms with Crippen LogP contribution in [-0.4, -0.2) is 28.1 Å². The molecule has 2 atom stereocenters. The quantitative estimate of drug-likeness (QED) is 0.173. The topological polar surface area (TPSA) is 39.4 Å². The Morgan fingerprint density at radius 2 is 1.67 bits per heavy atom. The van der Waals surface area contributed by atoms with E-state index >= 15 is 0 Å². The van der Waals surface area contributed by atoms with E-state index in [-0.39, 0.29) is 33.0 Å². The van der Waals surface area contributed by atoms with Gasteiger partial charge in [0.15, 0.2) is 0 Å². The fraction of sp³-hybridized carbons (Fsp3) is 0.189. The Bertz CT molecular complexity index is 2070. The van der Waals surface area contributed by atoms with E-state index in [2.05, 4.69) is 111 Å². The van der Waals surface area contributed by atoms with Crippen molar-refractivity contribution in [2.45, 2.75) is 39.7 Å². The molecule has 4 aromatic carbocycles. The van der Waals surface area contributed by atoms with Gasteiger partial charge >= 0.3 is 21.1 Å². The predicted molar refractivity (Wildman–Crippen MR) is 165 cm³/mol. The number of fused-ring (bicyclic) bond motifs is 6. The van der Waals surface area contributed by atoms with Crippen LogP contribution in [0.5, 0.6) is 0 Å². The third-order valence-electron chi connectivity index (χ3n) is 8.36. The molecule has 0 saturated carbocycles. The molecule has 0 saturated heterocycles. The van der Waals surface area contributed by atoms with Gasteiger partial charge in [-0.2, -0.15) is 18.2 Å². The molecule has 5 heteroatoms. The van der Waals surface area contributed by atoms with Crippen molar-refractivity contribution < 1.29 is 25.8 Å². The summed E-state index contributed by atoms with van der Waals surface area (Å²) >= 11 is 0. The molecule has 2 aliphatic rings. The first kappa shape index (κ1) is 26.9. The van der Waals surface area contributed by atoms with Gasteiger partial charge in [-0.1, -0.05) is 65.5 Å². The minimum absolute atomic E-state index is 0. The summed E-state index contributed by atoms with van der Waals surface area (Å²) in [6.45, 7) is 9.10. The van der Waals surface area contributed by atoms with Gasteiger partial charge in [0.05, 0.1) is 18.3 Å². The standard InChI is InChI=1S/C37H29N3O.Pt/c1-21-7-10-29-31(16-21)30-6-5-13-38-36(30)35(29)25-9-11-28-32-17-22(2)8-12-33(32)40(34(28)19-25)27-15-23(3)14-26(18-27)37-39-24(4)20-41-37;/h5-17,24,35H,20H2,1-4H3;/q-2;+2/t24-,35?;/m1./s1. The van der Waals surface area contributed by atoms with E-state index in [1.165, 1.54) is 38.6 Å². The molecule has 8 rings (SSSR count). The number of hydrogen-bond acceptors (Lipinski definition) is 3. The molecule has 1 aliphatic heterocycles. The minimum atomic E-state index is 0. The Balaban J connectivity index is 0.00000288. The summed E-state index contributed by atoms with van der Waals surface area (Å²) in [5.41, 5.74) is 13.6. The summed E-state index contributed by atoms with van der Waals surface area (Å²) in [6.07, 6.45) is 1.90. The zero-order valence-electron chi connectivity index (χ0n) is 23.9. The van der Waals surface area contributed by atoms with Gasteiger partial charge in [-0.15, -0.1) is 34.7 Å². The average Bonchev–Trinajstić information content (AvgIpc) is 3.64. The van der Waals surface area contributed by atoms with E-state index in [4.69, 9.17) is 14.7 Å². The third kappa shape index (κ3) is 4.15. The van der Waals surface area contributed by atoms with Crippen LogP contribution in [0.1, 0.15) is 51.9 Å². The van der Waals surface area contributed by atoms with Crippen molar-refractivity contribution in [1.29, 1.82) is 0 Å². The largest absolute Gasteiger partial charge is 2.00 e. The first-order valence-electron chi connectivity index (χ1n) is 14.2. The maximum Gasteiger partial charge on any atom is 2.00 e. The number of ether oxygens (including phenoxy) is 1. The first-order valence-corrected chi connectivity index (χ1v) is 14.2. The average molecular weight is 727 g/mol. The molecule has 3 heterocycles. The Hall–Kier alpha value is -4.01. The zero-order valence-corrected chi connectivity index (χ0v) is 26.2. The SMILES string of the molecule is Cc1cc(C2=N[C@H](C)CO2)[c-]c(-n2c3[c-]c(C4c5ccc(C)cc5-c5cccnc54)ccc3c3cc(C)ccc32)c1.[Pt+2]. The van der Waals surface area contributed by atoms with Crippen molar-refractivity contribution in [3.05, 3.63) is 130 Å². The van der Waals surface area contributed by atoms with Crippen molar-refractivity contribution in [2.24, 2.45) is 4.99 Å². The van der Waals surface area contributed by atoms with Gasteiger partial charge in [0.25, 0.3) is 0 Å². The van der Waals surface area contributed by atoms with E-state index in [9.17, 15) is 0 Å². The Labute approximate surface area is 260 Å². The predicted octanol–water partition coefficient (Wildman–Crippen LogP) is 8.03. The van der Waals surface area contributed by atoms with Gasteiger partial charge in [-0.3, -0.25) is 9.98 Å². The van der Waals surface area contributed by atoms with Gasteiger partial charge in [-0.05, 0) is 55.1 Å². The van der Waals surface area contributed by atoms with Crippen LogP contribution in [0.25, 0.3) is 38.6 Å². The number of aliphatic imine (C=N–C) groups is 1. The van der Waals surface area contributed by atoms with Crippen molar-refractivity contribution in [1.82, 2.24) is 9.55 Å². The van der Waals surface area contributed by atoms with E-state index in [1.54, 1.807) is 0 Å². The van der Waals surface area contributed by atoms with Crippen molar-refractivity contribution in [2.75, 3.05) is 6.61 Å². The van der Waals surface area contributed by atoms with E-state index < -0.39 is 0 Å². The van der Waals surface area contributed by atoms with Crippen LogP contribution in [0.15, 0.2) is 84.0 Å². The second-order valence-corrected chi connectivity index (χ2v) is 11.5. The minimum Gasteiger partial charge on any atom is -0.518 e. The maximum atomic E-state index is 5.93. The molecule has 0 spiro atoms. The van der Waals surface area contributed by atoms with Crippen molar-refractivity contribution in [3.8, 4) is 16.8 Å². The van der Waals surface area contributed by atoms with Crippen LogP contribution in [0, 0.1) is 32.9 Å². The summed E-state index contributed by atoms with van der Waals surface area (Å²) in [7, 11) is 0. The number of benzene rings is 4. The summed E-state index contributed by atoms with van der Waals surface area (Å²) in [5.74, 6) is 0.698. The summed E-state index contributed by atoms with van der Waals surface area (Å²) in [4.78, 5) is 9.60. The van der Waals surface area contributed by atoms with E-state index in [0.717, 1.165) is 39.1 Å². The second kappa shape index (κ2) is 10.1. The number of rotatable bonds is 3. The second-order valence-electron chi connectivity index (χ2n) is 11.5. The van der Waals surface area contributed by atoms with Crippen molar-refractivity contribution >= 4 is 27.7 Å². The van der Waals surface area contributed by atoms with E-state index in [1.807, 2.05) is 12.3 Å². The van der Waals surface area contributed by atoms with Crippen LogP contribution in [-0.2, 0) is 25.8 Å². The van der Waals surface area contributed by atoms with Gasteiger partial charge in [0, 0.05) is 23.2 Å². The monoisotopic (exact) mass is 726 g/mol. The number of aryl methyl sites for hydroxylation is 3. The van der Waals surface area contributed by atoms with Crippen LogP contribution in [0.3, 0.4) is 0 Å². The van der Waals surface area contributed by atoms with Gasteiger partial charge in [0.1, 0.15) is 5.90 Å². The summed E-state index contributed by atoms with van der Waals surface area (Å²) in [6, 6.07) is 34.1. The van der Waals surface area contributed by atoms with Crippen LogP contribution in [0.4, 0.5) is 0 Å². The van der Waals surface area contributed by atoms with E-state index in [0.29, 0.717) is 12.5 Å². The molecule has 0 bridgehead atoms. The Morgan fingerprint density at radius 3 is 2.50 bits per heavy atom. The van der Waals surface area contributed by atoms with Gasteiger partial charge in [0.2, 0.25) is 0 Å². The normalized spacial score (nSPS) is 17.1. The molecular formula is C37H29N3OPt. The fourth-order valence-electron chi connectivity index (χ4n) is 6.54. The molecule has 42 heavy (non-hydrogen) atoms. The Morgan fingerprint density at radius 1 is 0.833 bits per heavy atom. The van der Waals surface area contributed by atoms with Gasteiger partial charge < -0.3 is 9.30 Å². The smallest absolute Gasteiger partial charge is 0.518 e. The molecular weight excluding hydrogens is 698 g/mol. The molecule has 0 N–H and O–H groups in total. The number of aromatic nitrogens is 2. The zero-order chi connectivity index (χ0) is 27.8. The third-order valence-corrected chi connectivity index (χ3v) is 8.36. The summed E-state index contributed by atoms with van der Waals surface area (Å²) in [5, 5.41) is 2.39.